The highest BCUT2D eigenvalue weighted by atomic mass is 19.1. The first-order chi connectivity index (χ1) is 6.94. The van der Waals surface area contributed by atoms with E-state index >= 15 is 0 Å². The number of halogens is 2. The fraction of sp³-hybridized carbons (Fsp3) is 0.500. The summed E-state index contributed by atoms with van der Waals surface area (Å²) in [6.07, 6.45) is 1.30. The van der Waals surface area contributed by atoms with Crippen molar-refractivity contribution in [2.75, 3.05) is 6.54 Å². The van der Waals surface area contributed by atoms with Gasteiger partial charge in [0.25, 0.3) is 0 Å². The Morgan fingerprint density at radius 2 is 1.93 bits per heavy atom. The zero-order valence-corrected chi connectivity index (χ0v) is 9.19. The third-order valence-corrected chi connectivity index (χ3v) is 2.50. The van der Waals surface area contributed by atoms with Crippen molar-refractivity contribution in [3.05, 3.63) is 35.4 Å². The van der Waals surface area contributed by atoms with Crippen molar-refractivity contribution in [1.29, 1.82) is 0 Å². The molecule has 0 aliphatic carbocycles. The molecule has 0 spiro atoms. The Balaban J connectivity index is 2.83. The summed E-state index contributed by atoms with van der Waals surface area (Å²) in [5.74, 6) is -0.739. The van der Waals surface area contributed by atoms with Crippen LogP contribution < -0.4 is 5.73 Å². The number of rotatable bonds is 4. The third kappa shape index (κ3) is 3.59. The number of hydrogen-bond acceptors (Lipinski definition) is 1. The van der Waals surface area contributed by atoms with Crippen LogP contribution in [-0.4, -0.2) is 6.54 Å². The van der Waals surface area contributed by atoms with Gasteiger partial charge in [-0.1, -0.05) is 13.8 Å². The molecule has 2 N–H and O–H groups in total. The summed E-state index contributed by atoms with van der Waals surface area (Å²) in [7, 11) is 0. The summed E-state index contributed by atoms with van der Waals surface area (Å²) in [5, 5.41) is 0. The van der Waals surface area contributed by atoms with Crippen LogP contribution in [-0.2, 0) is 6.42 Å². The molecule has 84 valence electrons. The van der Waals surface area contributed by atoms with Gasteiger partial charge in [-0.3, -0.25) is 0 Å². The lowest BCUT2D eigenvalue weighted by Crippen LogP contribution is -2.20. The molecular formula is C12H17F2N. The van der Waals surface area contributed by atoms with Gasteiger partial charge in [-0.2, -0.15) is 0 Å². The molecule has 0 unspecified atom stereocenters. The molecule has 15 heavy (non-hydrogen) atoms. The minimum atomic E-state index is -0.394. The molecule has 3 heteroatoms. The SMILES string of the molecule is CC(C)(CCN)Cc1cc(F)ccc1F. The molecular weight excluding hydrogens is 196 g/mol. The summed E-state index contributed by atoms with van der Waals surface area (Å²) in [5.41, 5.74) is 5.80. The highest BCUT2D eigenvalue weighted by Crippen LogP contribution is 2.26. The summed E-state index contributed by atoms with van der Waals surface area (Å²) >= 11 is 0. The lowest BCUT2D eigenvalue weighted by Gasteiger charge is -2.24. The molecule has 0 fully saturated rings. The Morgan fingerprint density at radius 1 is 1.27 bits per heavy atom. The number of nitrogens with two attached hydrogens (primary N) is 1. The van der Waals surface area contributed by atoms with Gasteiger partial charge in [-0.25, -0.2) is 8.78 Å². The molecule has 0 atom stereocenters. The van der Waals surface area contributed by atoms with Crippen LogP contribution in [0, 0.1) is 17.0 Å². The normalized spacial score (nSPS) is 11.8. The van der Waals surface area contributed by atoms with E-state index in [0.29, 0.717) is 18.5 Å². The molecule has 0 bridgehead atoms. The second kappa shape index (κ2) is 4.71. The van der Waals surface area contributed by atoms with Gasteiger partial charge < -0.3 is 5.73 Å². The Hall–Kier alpha value is -0.960. The smallest absolute Gasteiger partial charge is 0.126 e. The Bertz CT molecular complexity index is 334. The van der Waals surface area contributed by atoms with Crippen molar-refractivity contribution < 1.29 is 8.78 Å². The first-order valence-electron chi connectivity index (χ1n) is 5.08. The van der Waals surface area contributed by atoms with Gasteiger partial charge in [0.1, 0.15) is 11.6 Å². The van der Waals surface area contributed by atoms with Gasteiger partial charge in [-0.05, 0) is 48.6 Å². The minimum Gasteiger partial charge on any atom is -0.330 e. The summed E-state index contributed by atoms with van der Waals surface area (Å²) in [4.78, 5) is 0. The molecule has 0 heterocycles. The zero-order valence-electron chi connectivity index (χ0n) is 9.19. The fourth-order valence-corrected chi connectivity index (χ4v) is 1.67. The van der Waals surface area contributed by atoms with Crippen molar-refractivity contribution in [3.63, 3.8) is 0 Å². The summed E-state index contributed by atoms with van der Waals surface area (Å²) < 4.78 is 26.3. The van der Waals surface area contributed by atoms with Gasteiger partial charge in [0, 0.05) is 0 Å². The average Bonchev–Trinajstić information content (AvgIpc) is 2.10. The van der Waals surface area contributed by atoms with Crippen molar-refractivity contribution in [3.8, 4) is 0 Å². The largest absolute Gasteiger partial charge is 0.330 e. The standard InChI is InChI=1S/C12H17F2N/c1-12(2,5-6-15)8-9-7-10(13)3-4-11(9)14/h3-4,7H,5-6,8,15H2,1-2H3. The van der Waals surface area contributed by atoms with Crippen LogP contribution in [0.4, 0.5) is 8.78 Å². The molecule has 1 aromatic carbocycles. The van der Waals surface area contributed by atoms with E-state index in [9.17, 15) is 8.78 Å². The summed E-state index contributed by atoms with van der Waals surface area (Å²) in [6, 6.07) is 3.56. The van der Waals surface area contributed by atoms with Crippen molar-refractivity contribution in [1.82, 2.24) is 0 Å². The molecule has 0 aliphatic rings. The van der Waals surface area contributed by atoms with Crippen molar-refractivity contribution in [2.24, 2.45) is 11.1 Å². The molecule has 0 aromatic heterocycles. The van der Waals surface area contributed by atoms with E-state index in [2.05, 4.69) is 0 Å². The third-order valence-electron chi connectivity index (χ3n) is 2.50. The monoisotopic (exact) mass is 213 g/mol. The average molecular weight is 213 g/mol. The number of benzene rings is 1. The molecule has 0 amide bonds. The Labute approximate surface area is 89.3 Å². The lowest BCUT2D eigenvalue weighted by atomic mass is 9.82. The van der Waals surface area contributed by atoms with E-state index in [1.54, 1.807) is 0 Å². The van der Waals surface area contributed by atoms with Gasteiger partial charge in [0.2, 0.25) is 0 Å². The van der Waals surface area contributed by atoms with Crippen molar-refractivity contribution >= 4 is 0 Å². The second-order valence-corrected chi connectivity index (χ2v) is 4.62. The Morgan fingerprint density at radius 3 is 2.53 bits per heavy atom. The van der Waals surface area contributed by atoms with Crippen LogP contribution >= 0.6 is 0 Å². The zero-order chi connectivity index (χ0) is 11.5. The van der Waals surface area contributed by atoms with Gasteiger partial charge >= 0.3 is 0 Å². The molecule has 0 saturated heterocycles. The van der Waals surface area contributed by atoms with Crippen molar-refractivity contribution in [2.45, 2.75) is 26.7 Å². The summed E-state index contributed by atoms with van der Waals surface area (Å²) in [6.45, 7) is 4.57. The maximum Gasteiger partial charge on any atom is 0.126 e. The highest BCUT2D eigenvalue weighted by molar-refractivity contribution is 5.20. The fourth-order valence-electron chi connectivity index (χ4n) is 1.67. The van der Waals surface area contributed by atoms with Crippen LogP contribution in [0.1, 0.15) is 25.8 Å². The quantitative estimate of drug-likeness (QED) is 0.817. The first-order valence-corrected chi connectivity index (χ1v) is 5.08. The van der Waals surface area contributed by atoms with E-state index in [4.69, 9.17) is 5.73 Å². The van der Waals surface area contributed by atoms with Crippen LogP contribution in [0.15, 0.2) is 18.2 Å². The molecule has 1 aromatic rings. The minimum absolute atomic E-state index is 0.0939. The molecule has 0 aliphatic heterocycles. The predicted octanol–water partition coefficient (Wildman–Crippen LogP) is 2.88. The first kappa shape index (κ1) is 12.1. The van der Waals surface area contributed by atoms with Gasteiger partial charge in [0.15, 0.2) is 0 Å². The van der Waals surface area contributed by atoms with Crippen LogP contribution in [0.3, 0.4) is 0 Å². The highest BCUT2D eigenvalue weighted by Gasteiger charge is 2.19. The molecule has 0 saturated carbocycles. The van der Waals surface area contributed by atoms with Gasteiger partial charge in [0.05, 0.1) is 0 Å². The molecule has 1 nitrogen and oxygen atoms in total. The van der Waals surface area contributed by atoms with Crippen LogP contribution in [0.25, 0.3) is 0 Å². The van der Waals surface area contributed by atoms with E-state index in [-0.39, 0.29) is 11.2 Å². The lowest BCUT2D eigenvalue weighted by molar-refractivity contribution is 0.333. The second-order valence-electron chi connectivity index (χ2n) is 4.62. The maximum atomic E-state index is 13.3. The number of hydrogen-bond donors (Lipinski definition) is 1. The van der Waals surface area contributed by atoms with Crippen LogP contribution in [0.5, 0.6) is 0 Å². The van der Waals surface area contributed by atoms with E-state index in [1.807, 2.05) is 13.8 Å². The van der Waals surface area contributed by atoms with E-state index in [0.717, 1.165) is 12.5 Å². The maximum absolute atomic E-state index is 13.3. The predicted molar refractivity (Wildman–Crippen MR) is 57.5 cm³/mol. The molecule has 0 radical (unpaired) electrons. The van der Waals surface area contributed by atoms with E-state index < -0.39 is 5.82 Å². The Kier molecular flexibility index (Phi) is 3.80. The topological polar surface area (TPSA) is 26.0 Å². The van der Waals surface area contributed by atoms with Gasteiger partial charge in [-0.15, -0.1) is 0 Å². The van der Waals surface area contributed by atoms with E-state index in [1.165, 1.54) is 12.1 Å². The molecule has 1 rings (SSSR count). The van der Waals surface area contributed by atoms with Crippen LogP contribution in [0.2, 0.25) is 0 Å².